The Balaban J connectivity index is 1.66. The van der Waals surface area contributed by atoms with E-state index >= 15 is 0 Å². The zero-order valence-corrected chi connectivity index (χ0v) is 15.5. The van der Waals surface area contributed by atoms with E-state index in [1.807, 2.05) is 47.4 Å². The molecule has 1 saturated heterocycles. The van der Waals surface area contributed by atoms with E-state index < -0.39 is 0 Å². The molecule has 0 saturated carbocycles. The number of nitrogens with two attached hydrogens (primary N) is 1. The Kier molecular flexibility index (Phi) is 5.19. The molecule has 3 rings (SSSR count). The predicted molar refractivity (Wildman–Crippen MR) is 105 cm³/mol. The van der Waals surface area contributed by atoms with Crippen LogP contribution in [-0.2, 0) is 0 Å². The quantitative estimate of drug-likeness (QED) is 0.844. The van der Waals surface area contributed by atoms with Crippen molar-refractivity contribution in [3.05, 3.63) is 58.6 Å². The molecule has 0 spiro atoms. The molecule has 1 amide bonds. The van der Waals surface area contributed by atoms with E-state index in [9.17, 15) is 4.79 Å². The molecule has 0 unspecified atom stereocenters. The first kappa shape index (κ1) is 17.6. The number of anilines is 2. The molecule has 1 aliphatic heterocycles. The second-order valence-corrected chi connectivity index (χ2v) is 7.14. The minimum atomic E-state index is 0.0853. The summed E-state index contributed by atoms with van der Waals surface area (Å²) in [5, 5.41) is 0.657. The number of benzene rings is 2. The Morgan fingerprint density at radius 3 is 2.24 bits per heavy atom. The number of carbonyl (C=O) groups is 1. The highest BCUT2D eigenvalue weighted by molar-refractivity contribution is 6.34. The van der Waals surface area contributed by atoms with Crippen molar-refractivity contribution >= 4 is 28.9 Å². The minimum Gasteiger partial charge on any atom is -0.397 e. The number of carbonyl (C=O) groups excluding carboxylic acids is 1. The van der Waals surface area contributed by atoms with E-state index in [4.69, 9.17) is 17.3 Å². The lowest BCUT2D eigenvalue weighted by Crippen LogP contribution is -2.49. The number of halogens is 1. The van der Waals surface area contributed by atoms with Gasteiger partial charge >= 0.3 is 0 Å². The summed E-state index contributed by atoms with van der Waals surface area (Å²) in [5.74, 6) is 0.552. The second kappa shape index (κ2) is 7.36. The van der Waals surface area contributed by atoms with Crippen molar-refractivity contribution in [3.63, 3.8) is 0 Å². The number of hydrogen-bond donors (Lipinski definition) is 1. The molecule has 0 bridgehead atoms. The van der Waals surface area contributed by atoms with Gasteiger partial charge in [-0.15, -0.1) is 0 Å². The van der Waals surface area contributed by atoms with E-state index in [1.165, 1.54) is 5.56 Å². The Morgan fingerprint density at radius 2 is 1.68 bits per heavy atom. The Morgan fingerprint density at radius 1 is 1.04 bits per heavy atom. The average molecular weight is 358 g/mol. The van der Waals surface area contributed by atoms with Crippen LogP contribution < -0.4 is 10.6 Å². The van der Waals surface area contributed by atoms with Crippen molar-refractivity contribution < 1.29 is 4.79 Å². The van der Waals surface area contributed by atoms with E-state index in [0.29, 0.717) is 29.7 Å². The van der Waals surface area contributed by atoms with Crippen molar-refractivity contribution in [3.8, 4) is 0 Å². The number of nitrogen functional groups attached to an aromatic ring is 1. The highest BCUT2D eigenvalue weighted by Gasteiger charge is 2.24. The van der Waals surface area contributed by atoms with E-state index in [-0.39, 0.29) is 5.91 Å². The normalized spacial score (nSPS) is 14.9. The molecule has 0 radical (unpaired) electrons. The molecule has 1 heterocycles. The van der Waals surface area contributed by atoms with E-state index in [2.05, 4.69) is 18.7 Å². The highest BCUT2D eigenvalue weighted by Crippen LogP contribution is 2.32. The first-order valence-electron chi connectivity index (χ1n) is 8.65. The maximum atomic E-state index is 12.7. The van der Waals surface area contributed by atoms with Crippen molar-refractivity contribution in [1.82, 2.24) is 4.90 Å². The van der Waals surface area contributed by atoms with Gasteiger partial charge in [0, 0.05) is 31.7 Å². The van der Waals surface area contributed by atoms with Gasteiger partial charge in [0.05, 0.1) is 16.4 Å². The standard InChI is InChI=1S/C20H24ClN3O/c1-14(2)15-6-8-16(9-7-15)20(25)24-12-10-23(11-13-24)19-17(21)4-3-5-18(19)22/h3-9,14H,10-13,22H2,1-2H3. The van der Waals surface area contributed by atoms with Crippen LogP contribution in [-0.4, -0.2) is 37.0 Å². The van der Waals surface area contributed by atoms with Crippen LogP contribution in [0.5, 0.6) is 0 Å². The molecular weight excluding hydrogens is 334 g/mol. The SMILES string of the molecule is CC(C)c1ccc(C(=O)N2CCN(c3c(N)cccc3Cl)CC2)cc1. The molecule has 5 heteroatoms. The summed E-state index contributed by atoms with van der Waals surface area (Å²) < 4.78 is 0. The smallest absolute Gasteiger partial charge is 0.253 e. The van der Waals surface area contributed by atoms with Crippen LogP contribution in [0.25, 0.3) is 0 Å². The summed E-state index contributed by atoms with van der Waals surface area (Å²) in [6, 6.07) is 13.5. The van der Waals surface area contributed by atoms with Gasteiger partial charge in [-0.2, -0.15) is 0 Å². The zero-order chi connectivity index (χ0) is 18.0. The second-order valence-electron chi connectivity index (χ2n) is 6.73. The first-order chi connectivity index (χ1) is 12.0. The number of nitrogens with zero attached hydrogens (tertiary/aromatic N) is 2. The van der Waals surface area contributed by atoms with Crippen LogP contribution in [0.4, 0.5) is 11.4 Å². The van der Waals surface area contributed by atoms with Crippen molar-refractivity contribution in [2.24, 2.45) is 0 Å². The van der Waals surface area contributed by atoms with Gasteiger partial charge in [-0.1, -0.05) is 43.6 Å². The number of piperazine rings is 1. The molecule has 132 valence electrons. The van der Waals surface area contributed by atoms with Crippen LogP contribution in [0.3, 0.4) is 0 Å². The predicted octanol–water partition coefficient (Wildman–Crippen LogP) is 4.01. The van der Waals surface area contributed by atoms with Gasteiger partial charge in [-0.05, 0) is 35.7 Å². The molecule has 1 fully saturated rings. The van der Waals surface area contributed by atoms with E-state index in [1.54, 1.807) is 0 Å². The third-order valence-electron chi connectivity index (χ3n) is 4.73. The molecule has 2 aromatic rings. The molecule has 2 aromatic carbocycles. The Hall–Kier alpha value is -2.20. The lowest BCUT2D eigenvalue weighted by atomic mass is 10.0. The summed E-state index contributed by atoms with van der Waals surface area (Å²) in [4.78, 5) is 16.8. The van der Waals surface area contributed by atoms with Crippen molar-refractivity contribution in [2.45, 2.75) is 19.8 Å². The largest absolute Gasteiger partial charge is 0.397 e. The zero-order valence-electron chi connectivity index (χ0n) is 14.7. The van der Waals surface area contributed by atoms with Gasteiger partial charge in [0.25, 0.3) is 5.91 Å². The Bertz CT molecular complexity index is 730. The molecule has 0 aromatic heterocycles. The van der Waals surface area contributed by atoms with Gasteiger partial charge in [-0.3, -0.25) is 4.79 Å². The number of para-hydroxylation sites is 1. The lowest BCUT2D eigenvalue weighted by molar-refractivity contribution is 0.0747. The third kappa shape index (κ3) is 3.74. The molecular formula is C20H24ClN3O. The lowest BCUT2D eigenvalue weighted by Gasteiger charge is -2.37. The monoisotopic (exact) mass is 357 g/mol. The summed E-state index contributed by atoms with van der Waals surface area (Å²) in [6.45, 7) is 7.07. The number of amides is 1. The minimum absolute atomic E-state index is 0.0853. The molecule has 4 nitrogen and oxygen atoms in total. The number of hydrogen-bond acceptors (Lipinski definition) is 3. The maximum absolute atomic E-state index is 12.7. The van der Waals surface area contributed by atoms with Crippen LogP contribution >= 0.6 is 11.6 Å². The summed E-state index contributed by atoms with van der Waals surface area (Å²) >= 11 is 6.30. The molecule has 2 N–H and O–H groups in total. The van der Waals surface area contributed by atoms with Crippen molar-refractivity contribution in [2.75, 3.05) is 36.8 Å². The maximum Gasteiger partial charge on any atom is 0.253 e. The molecule has 0 atom stereocenters. The Labute approximate surface area is 154 Å². The van der Waals surface area contributed by atoms with Crippen LogP contribution in [0.15, 0.2) is 42.5 Å². The first-order valence-corrected chi connectivity index (χ1v) is 9.03. The van der Waals surface area contributed by atoms with Gasteiger partial charge < -0.3 is 15.5 Å². The third-order valence-corrected chi connectivity index (χ3v) is 5.03. The average Bonchev–Trinajstić information content (AvgIpc) is 2.61. The topological polar surface area (TPSA) is 49.6 Å². The fraction of sp³-hybridized carbons (Fsp3) is 0.350. The summed E-state index contributed by atoms with van der Waals surface area (Å²) in [5.41, 5.74) is 9.61. The fourth-order valence-corrected chi connectivity index (χ4v) is 3.49. The fourth-order valence-electron chi connectivity index (χ4n) is 3.19. The molecule has 0 aliphatic carbocycles. The highest BCUT2D eigenvalue weighted by atomic mass is 35.5. The van der Waals surface area contributed by atoms with Gasteiger partial charge in [0.2, 0.25) is 0 Å². The molecule has 25 heavy (non-hydrogen) atoms. The summed E-state index contributed by atoms with van der Waals surface area (Å²) in [7, 11) is 0. The number of rotatable bonds is 3. The van der Waals surface area contributed by atoms with Crippen LogP contribution in [0, 0.1) is 0 Å². The van der Waals surface area contributed by atoms with Crippen LogP contribution in [0.2, 0.25) is 5.02 Å². The van der Waals surface area contributed by atoms with Gasteiger partial charge in [0.15, 0.2) is 0 Å². The summed E-state index contributed by atoms with van der Waals surface area (Å²) in [6.07, 6.45) is 0. The van der Waals surface area contributed by atoms with Gasteiger partial charge in [0.1, 0.15) is 0 Å². The molecule has 1 aliphatic rings. The van der Waals surface area contributed by atoms with Gasteiger partial charge in [-0.25, -0.2) is 0 Å². The van der Waals surface area contributed by atoms with Crippen LogP contribution in [0.1, 0.15) is 35.7 Å². The van der Waals surface area contributed by atoms with Crippen molar-refractivity contribution in [1.29, 1.82) is 0 Å². The van der Waals surface area contributed by atoms with E-state index in [0.717, 1.165) is 24.3 Å².